The number of alkyl halides is 6. The fourth-order valence-corrected chi connectivity index (χ4v) is 14.3. The maximum atomic E-state index is 13.0. The van der Waals surface area contributed by atoms with E-state index in [9.17, 15) is 35.9 Å². The standard InChI is InChI=1S/C25H26F3N5O3.C20H22BF3N2O3.2C11H16ClN3O2.C9H11Cl2N3O.C5H11NO.C4HCl3N2.C2H5O.Na/c1-4-36-24-22(33-8-9-35-14-15(33)2)12-21(31-32-24)20-11-19(13-29-16(20)3)30-23(34)17-6-5-7-18(10-17)25(26,27)28;1-12-16(21-28-18(2,3)19(4,5)29-21)10-15(11-25-12)26-17(27)13-7-6-8-14(9-13)20(22,23)24;2*1-3-17-11-9(6-10(12)13-14-11)15-4-5-16-7-8(15)2;1-6-5-15-3-2-14(6)7-4-8(10)12-13-9(7)11;1-5-4-7-3-2-6-5;5-2-1-3(6)8-9-4(2)7;1-2-3;/h5-7,10-13,15H,4,8-9,14H2,1-3H3,(H,30,34);6-11H,1-5H3,(H,26,27);2*6,8H,3-5,7H2,1-2H3;4,6H,2-3,5H2,1H3;5-6H,2-4H2,1H3;1H;2H2,1H3;/q;;;;;;;-1;+1/t15-;;2*8-;6-;5-;;;/m0.0000.../s1. The van der Waals surface area contributed by atoms with Gasteiger partial charge in [0.1, 0.15) is 17.1 Å². The van der Waals surface area contributed by atoms with E-state index in [4.69, 9.17) is 134 Å². The molecule has 0 unspecified atom stereocenters. The summed E-state index contributed by atoms with van der Waals surface area (Å²) in [4.78, 5) is 42.4. The number of carbonyl (C=O) groups is 2. The monoisotopic (exact) mass is 2020 g/mol. The van der Waals surface area contributed by atoms with Gasteiger partial charge in [-0.3, -0.25) is 19.6 Å². The molecule has 6 fully saturated rings. The fourth-order valence-electron chi connectivity index (χ4n) is 13.2. The summed E-state index contributed by atoms with van der Waals surface area (Å²) >= 11 is 39.9. The number of aryl methyl sites for hydroxylation is 2. The van der Waals surface area contributed by atoms with Gasteiger partial charge >= 0.3 is 49.0 Å². The Balaban J connectivity index is 0.000000224. The van der Waals surface area contributed by atoms with Crippen LogP contribution in [0.4, 0.5) is 60.5 Å². The zero-order chi connectivity index (χ0) is 97.5. The Hall–Kier alpha value is -8.01. The van der Waals surface area contributed by atoms with Gasteiger partial charge in [-0.1, -0.05) is 100 Å². The summed E-state index contributed by atoms with van der Waals surface area (Å²) in [5, 5.41) is 58.2. The number of amides is 2. The first-order valence-electron chi connectivity index (χ1n) is 42.5. The molecule has 134 heavy (non-hydrogen) atoms. The summed E-state index contributed by atoms with van der Waals surface area (Å²) in [7, 11) is -0.669. The summed E-state index contributed by atoms with van der Waals surface area (Å²) in [6, 6.07) is 21.9. The van der Waals surface area contributed by atoms with Gasteiger partial charge in [-0.15, -0.1) is 57.6 Å². The van der Waals surface area contributed by atoms with Crippen molar-refractivity contribution in [2.24, 2.45) is 0 Å². The van der Waals surface area contributed by atoms with Crippen LogP contribution in [0.5, 0.6) is 17.6 Å². The Morgan fingerprint density at radius 2 is 0.851 bits per heavy atom. The summed E-state index contributed by atoms with van der Waals surface area (Å²) in [6.07, 6.45) is -6.19. The van der Waals surface area contributed by atoms with Gasteiger partial charge in [0.25, 0.3) is 29.5 Å². The molecule has 9 aromatic rings. The summed E-state index contributed by atoms with van der Waals surface area (Å²) in [6.45, 7) is 41.7. The number of morpholine rings is 5. The van der Waals surface area contributed by atoms with Crippen LogP contribution >= 0.6 is 81.2 Å². The third-order valence-corrected chi connectivity index (χ3v) is 22.3. The van der Waals surface area contributed by atoms with Crippen LogP contribution in [-0.2, 0) is 45.3 Å². The van der Waals surface area contributed by atoms with Crippen molar-refractivity contribution in [3.05, 3.63) is 173 Å². The van der Waals surface area contributed by atoms with Gasteiger partial charge in [0.15, 0.2) is 30.9 Å². The summed E-state index contributed by atoms with van der Waals surface area (Å²) in [5.41, 5.74) is 4.06. The van der Waals surface area contributed by atoms with Crippen molar-refractivity contribution in [2.45, 2.75) is 158 Å². The normalized spacial score (nSPS) is 18.3. The van der Waals surface area contributed by atoms with Crippen molar-refractivity contribution >= 4 is 140 Å². The number of carbonyl (C=O) groups excluding carboxylic acids is 2. The smallest absolute Gasteiger partial charge is 0.855 e. The third-order valence-electron chi connectivity index (χ3n) is 20.6. The van der Waals surface area contributed by atoms with E-state index in [-0.39, 0.29) is 81.8 Å². The van der Waals surface area contributed by atoms with Crippen LogP contribution in [-0.4, -0.2) is 247 Å². The Labute approximate surface area is 832 Å². The van der Waals surface area contributed by atoms with Gasteiger partial charge in [0, 0.05) is 115 Å². The van der Waals surface area contributed by atoms with Crippen LogP contribution in [0.3, 0.4) is 0 Å². The molecule has 2 aromatic carbocycles. The molecule has 2 amide bonds. The van der Waals surface area contributed by atoms with E-state index in [1.807, 2.05) is 61.5 Å². The van der Waals surface area contributed by atoms with Crippen LogP contribution in [0.15, 0.2) is 103 Å². The number of nitrogens with zero attached hydrogens (tertiary/aromatic N) is 16. The number of halogens is 13. The summed E-state index contributed by atoms with van der Waals surface area (Å²) in [5.74, 6) is 0.130. The quantitative estimate of drug-likeness (QED) is 0.0597. The first-order chi connectivity index (χ1) is 63.1. The molecular formula is C87H108BCl7F6N19NaO13. The number of hydrogen-bond acceptors (Lipinski definition) is 30. The van der Waals surface area contributed by atoms with E-state index in [1.54, 1.807) is 51.1 Å². The number of benzene rings is 2. The first-order valence-corrected chi connectivity index (χ1v) is 45.1. The largest absolute Gasteiger partial charge is 1.00 e. The minimum Gasteiger partial charge on any atom is -0.855 e. The molecule has 13 heterocycles. The van der Waals surface area contributed by atoms with Gasteiger partial charge in [0.2, 0.25) is 0 Å². The van der Waals surface area contributed by atoms with E-state index in [1.165, 1.54) is 42.7 Å². The molecule has 47 heteroatoms. The molecule has 3 N–H and O–H groups in total. The minimum atomic E-state index is -4.54. The molecule has 5 atom stereocenters. The van der Waals surface area contributed by atoms with Crippen molar-refractivity contribution in [1.82, 2.24) is 66.3 Å². The summed E-state index contributed by atoms with van der Waals surface area (Å²) < 4.78 is 133. The van der Waals surface area contributed by atoms with Crippen molar-refractivity contribution in [3.63, 3.8) is 0 Å². The van der Waals surface area contributed by atoms with Gasteiger partial charge in [-0.05, 0) is 158 Å². The molecule has 0 bridgehead atoms. The predicted molar refractivity (Wildman–Crippen MR) is 500 cm³/mol. The molecule has 724 valence electrons. The Bertz CT molecular complexity index is 5160. The van der Waals surface area contributed by atoms with Gasteiger partial charge in [-0.25, -0.2) is 0 Å². The van der Waals surface area contributed by atoms with E-state index >= 15 is 0 Å². The molecule has 7 aromatic heterocycles. The Kier molecular flexibility index (Phi) is 45.8. The topological polar surface area (TPSA) is 353 Å². The SMILES string of the molecule is CCOc1nnc(-c2cc(NC(=O)c3cccc(C(F)(F)F)c3)cnc2C)cc1N1CCOC[C@@H]1C.CCOc1nnc(Cl)cc1N1CCOC[C@@H]1C.CCOc1nnc(Cl)cc1N1CCOC[C@@H]1C.CC[O-].C[C@H]1COCCN1.C[C@H]1COCCN1c1cc(Cl)nnc1Cl.Cc1ncc(NC(=O)c2cccc(C(F)(F)F)c2)cc1B1OC(C)(C)C(C)(C)O1.Clc1cc(Cl)c(Cl)nn1.[Na+]. The molecule has 15 rings (SSSR count). The van der Waals surface area contributed by atoms with Crippen LogP contribution in [0.25, 0.3) is 11.3 Å². The number of pyridine rings is 2. The maximum Gasteiger partial charge on any atom is 1.00 e. The molecule has 6 saturated heterocycles. The molecule has 6 aliphatic heterocycles. The second kappa shape index (κ2) is 54.4. The molecule has 0 spiro atoms. The Morgan fingerprint density at radius 1 is 0.485 bits per heavy atom. The maximum absolute atomic E-state index is 13.0. The molecular weight excluding hydrogens is 1920 g/mol. The van der Waals surface area contributed by atoms with E-state index < -0.39 is 53.6 Å². The third kappa shape index (κ3) is 34.0. The van der Waals surface area contributed by atoms with Gasteiger partial charge in [-0.2, -0.15) is 26.3 Å². The Morgan fingerprint density at radius 3 is 1.22 bits per heavy atom. The van der Waals surface area contributed by atoms with Crippen molar-refractivity contribution in [1.29, 1.82) is 0 Å². The average Bonchev–Trinajstić information content (AvgIpc) is 1.61. The number of rotatable bonds is 16. The molecule has 0 aliphatic carbocycles. The van der Waals surface area contributed by atoms with E-state index in [2.05, 4.69) is 124 Å². The zero-order valence-electron chi connectivity index (χ0n) is 77.1. The van der Waals surface area contributed by atoms with Crippen molar-refractivity contribution in [2.75, 3.05) is 155 Å². The first kappa shape index (κ1) is 113. The van der Waals surface area contributed by atoms with Crippen LogP contribution in [0, 0.1) is 13.8 Å². The minimum absolute atomic E-state index is 0. The van der Waals surface area contributed by atoms with Gasteiger partial charge < -0.3 is 87.9 Å². The van der Waals surface area contributed by atoms with Gasteiger partial charge in [0.05, 0.1) is 148 Å². The average molecular weight is 2020 g/mol. The van der Waals surface area contributed by atoms with E-state index in [0.717, 1.165) is 86.4 Å². The number of hydrogen-bond donors (Lipinski definition) is 3. The van der Waals surface area contributed by atoms with E-state index in [0.29, 0.717) is 168 Å². The number of aromatic nitrogens is 12. The van der Waals surface area contributed by atoms with Crippen molar-refractivity contribution < 1.29 is 118 Å². The predicted octanol–water partition coefficient (Wildman–Crippen LogP) is 13.0. The molecule has 0 radical (unpaired) electrons. The number of anilines is 6. The van der Waals surface area contributed by atoms with Crippen LogP contribution in [0.1, 0.15) is 133 Å². The number of ether oxygens (including phenoxy) is 8. The number of nitrogens with one attached hydrogen (secondary N) is 3. The van der Waals surface area contributed by atoms with Crippen molar-refractivity contribution in [3.8, 4) is 28.9 Å². The molecule has 32 nitrogen and oxygen atoms in total. The molecule has 0 saturated carbocycles. The second-order valence-electron chi connectivity index (χ2n) is 31.2. The molecule has 6 aliphatic rings. The fraction of sp³-hybridized carbons (Fsp3) is 0.494. The van der Waals surface area contributed by atoms with Crippen LogP contribution in [0.2, 0.25) is 35.9 Å². The van der Waals surface area contributed by atoms with Crippen LogP contribution < -0.4 is 89.9 Å². The zero-order valence-corrected chi connectivity index (χ0v) is 84.4. The second-order valence-corrected chi connectivity index (χ2v) is 33.9.